The Hall–Kier alpha value is -2.71. The number of pyridine rings is 2. The summed E-state index contributed by atoms with van der Waals surface area (Å²) in [5.74, 6) is 0.221. The SMILES string of the molecule is N#Cc1c(-c2cccnc2)cc(-c2cccc(Br)c2)nc1N. The van der Waals surface area contributed by atoms with Crippen molar-refractivity contribution in [2.45, 2.75) is 0 Å². The quantitative estimate of drug-likeness (QED) is 0.756. The molecule has 0 aliphatic rings. The molecule has 2 heterocycles. The van der Waals surface area contributed by atoms with Crippen LogP contribution >= 0.6 is 15.9 Å². The first-order valence-electron chi connectivity index (χ1n) is 6.56. The van der Waals surface area contributed by atoms with Crippen LogP contribution < -0.4 is 5.73 Å². The smallest absolute Gasteiger partial charge is 0.142 e. The summed E-state index contributed by atoms with van der Waals surface area (Å²) >= 11 is 3.45. The molecule has 0 saturated heterocycles. The van der Waals surface area contributed by atoms with Crippen LogP contribution in [0, 0.1) is 11.3 Å². The number of aromatic nitrogens is 2. The molecule has 106 valence electrons. The van der Waals surface area contributed by atoms with E-state index in [1.165, 1.54) is 0 Å². The Balaban J connectivity index is 2.24. The second-order valence-corrected chi connectivity index (χ2v) is 5.59. The predicted molar refractivity (Wildman–Crippen MR) is 89.7 cm³/mol. The molecule has 0 radical (unpaired) electrons. The topological polar surface area (TPSA) is 75.6 Å². The highest BCUT2D eigenvalue weighted by molar-refractivity contribution is 9.10. The van der Waals surface area contributed by atoms with E-state index >= 15 is 0 Å². The number of anilines is 1. The van der Waals surface area contributed by atoms with Gasteiger partial charge in [-0.25, -0.2) is 4.98 Å². The van der Waals surface area contributed by atoms with Gasteiger partial charge in [0.2, 0.25) is 0 Å². The van der Waals surface area contributed by atoms with E-state index in [9.17, 15) is 5.26 Å². The van der Waals surface area contributed by atoms with Crippen molar-refractivity contribution in [1.82, 2.24) is 9.97 Å². The molecular formula is C17H11BrN4. The van der Waals surface area contributed by atoms with Gasteiger partial charge in [-0.1, -0.05) is 34.1 Å². The van der Waals surface area contributed by atoms with Gasteiger partial charge in [0.15, 0.2) is 0 Å². The standard InChI is InChI=1S/C17H11BrN4/c18-13-5-1-3-11(7-13)16-8-14(12-4-2-6-21-10-12)15(9-19)17(20)22-16/h1-8,10H,(H2,20,22). The van der Waals surface area contributed by atoms with Crippen LogP contribution in [0.15, 0.2) is 59.3 Å². The second-order valence-electron chi connectivity index (χ2n) is 4.68. The zero-order valence-corrected chi connectivity index (χ0v) is 13.1. The van der Waals surface area contributed by atoms with Crippen molar-refractivity contribution in [3.8, 4) is 28.5 Å². The monoisotopic (exact) mass is 350 g/mol. The van der Waals surface area contributed by atoms with E-state index in [0.29, 0.717) is 5.56 Å². The van der Waals surface area contributed by atoms with Crippen LogP contribution in [-0.4, -0.2) is 9.97 Å². The van der Waals surface area contributed by atoms with E-state index in [4.69, 9.17) is 5.73 Å². The zero-order valence-electron chi connectivity index (χ0n) is 11.5. The minimum absolute atomic E-state index is 0.221. The highest BCUT2D eigenvalue weighted by Crippen LogP contribution is 2.31. The Kier molecular flexibility index (Phi) is 3.86. The summed E-state index contributed by atoms with van der Waals surface area (Å²) in [6.07, 6.45) is 3.40. The van der Waals surface area contributed by atoms with E-state index in [1.54, 1.807) is 12.4 Å². The van der Waals surface area contributed by atoms with Crippen LogP contribution in [0.2, 0.25) is 0 Å². The lowest BCUT2D eigenvalue weighted by atomic mass is 10.00. The fourth-order valence-corrected chi connectivity index (χ4v) is 2.63. The summed E-state index contributed by atoms with van der Waals surface area (Å²) in [5.41, 5.74) is 9.56. The molecule has 0 aliphatic carbocycles. The van der Waals surface area contributed by atoms with Gasteiger partial charge in [-0.3, -0.25) is 4.98 Å². The number of nitrogen functional groups attached to an aromatic ring is 1. The average Bonchev–Trinajstić information content (AvgIpc) is 2.55. The minimum Gasteiger partial charge on any atom is -0.383 e. The number of hydrogen-bond donors (Lipinski definition) is 1. The van der Waals surface area contributed by atoms with E-state index in [1.807, 2.05) is 42.5 Å². The molecule has 0 saturated carbocycles. The van der Waals surface area contributed by atoms with Crippen LogP contribution in [0.3, 0.4) is 0 Å². The zero-order chi connectivity index (χ0) is 15.5. The summed E-state index contributed by atoms with van der Waals surface area (Å²) in [7, 11) is 0. The Morgan fingerprint density at radius 3 is 2.59 bits per heavy atom. The molecule has 3 rings (SSSR count). The van der Waals surface area contributed by atoms with Crippen molar-refractivity contribution in [3.63, 3.8) is 0 Å². The van der Waals surface area contributed by atoms with Crippen LogP contribution in [0.1, 0.15) is 5.56 Å². The maximum absolute atomic E-state index is 9.37. The van der Waals surface area contributed by atoms with Crippen molar-refractivity contribution in [2.75, 3.05) is 5.73 Å². The molecule has 1 aromatic carbocycles. The number of rotatable bonds is 2. The number of nitriles is 1. The lowest BCUT2D eigenvalue weighted by Gasteiger charge is -2.10. The van der Waals surface area contributed by atoms with Crippen LogP contribution in [0.4, 0.5) is 5.82 Å². The van der Waals surface area contributed by atoms with Crippen molar-refractivity contribution in [2.24, 2.45) is 0 Å². The molecule has 0 atom stereocenters. The first kappa shape index (κ1) is 14.2. The van der Waals surface area contributed by atoms with Crippen LogP contribution in [0.5, 0.6) is 0 Å². The largest absolute Gasteiger partial charge is 0.383 e. The van der Waals surface area contributed by atoms with Crippen molar-refractivity contribution < 1.29 is 0 Å². The molecule has 0 unspecified atom stereocenters. The number of nitrogens with two attached hydrogens (primary N) is 1. The second kappa shape index (κ2) is 5.96. The van der Waals surface area contributed by atoms with E-state index in [0.717, 1.165) is 26.9 Å². The van der Waals surface area contributed by atoms with Gasteiger partial charge in [0.05, 0.1) is 5.69 Å². The Morgan fingerprint density at radius 2 is 1.91 bits per heavy atom. The Morgan fingerprint density at radius 1 is 1.09 bits per heavy atom. The normalized spacial score (nSPS) is 10.2. The van der Waals surface area contributed by atoms with Gasteiger partial charge in [-0.2, -0.15) is 5.26 Å². The van der Waals surface area contributed by atoms with Gasteiger partial charge in [-0.05, 0) is 24.3 Å². The minimum atomic E-state index is 0.221. The number of hydrogen-bond acceptors (Lipinski definition) is 4. The highest BCUT2D eigenvalue weighted by Gasteiger charge is 2.13. The van der Waals surface area contributed by atoms with Crippen LogP contribution in [-0.2, 0) is 0 Å². The maximum atomic E-state index is 9.37. The first-order chi connectivity index (χ1) is 10.7. The highest BCUT2D eigenvalue weighted by atomic mass is 79.9. The van der Waals surface area contributed by atoms with Gasteiger partial charge < -0.3 is 5.73 Å². The van der Waals surface area contributed by atoms with Gasteiger partial charge in [0, 0.05) is 33.6 Å². The van der Waals surface area contributed by atoms with E-state index in [2.05, 4.69) is 32.0 Å². The van der Waals surface area contributed by atoms with Crippen molar-refractivity contribution >= 4 is 21.7 Å². The first-order valence-corrected chi connectivity index (χ1v) is 7.35. The average molecular weight is 351 g/mol. The Bertz CT molecular complexity index is 870. The fraction of sp³-hybridized carbons (Fsp3) is 0. The maximum Gasteiger partial charge on any atom is 0.142 e. The molecule has 2 aromatic heterocycles. The van der Waals surface area contributed by atoms with Gasteiger partial charge >= 0.3 is 0 Å². The summed E-state index contributed by atoms with van der Waals surface area (Å²) in [4.78, 5) is 8.46. The Labute approximate surface area is 136 Å². The molecule has 0 fully saturated rings. The molecule has 0 amide bonds. The molecule has 0 aliphatic heterocycles. The molecule has 2 N–H and O–H groups in total. The van der Waals surface area contributed by atoms with Gasteiger partial charge in [0.1, 0.15) is 17.5 Å². The van der Waals surface area contributed by atoms with E-state index in [-0.39, 0.29) is 5.82 Å². The summed E-state index contributed by atoms with van der Waals surface area (Å²) in [6, 6.07) is 15.5. The van der Waals surface area contributed by atoms with Gasteiger partial charge in [-0.15, -0.1) is 0 Å². The number of nitrogens with zero attached hydrogens (tertiary/aromatic N) is 3. The molecule has 22 heavy (non-hydrogen) atoms. The molecular weight excluding hydrogens is 340 g/mol. The van der Waals surface area contributed by atoms with E-state index < -0.39 is 0 Å². The summed E-state index contributed by atoms with van der Waals surface area (Å²) in [6.45, 7) is 0. The fourth-order valence-electron chi connectivity index (χ4n) is 2.23. The van der Waals surface area contributed by atoms with Crippen LogP contribution in [0.25, 0.3) is 22.4 Å². The number of halogens is 1. The third-order valence-corrected chi connectivity index (χ3v) is 3.75. The molecule has 4 nitrogen and oxygen atoms in total. The third kappa shape index (κ3) is 2.69. The molecule has 0 bridgehead atoms. The molecule has 0 spiro atoms. The summed E-state index contributed by atoms with van der Waals surface area (Å²) < 4.78 is 0.956. The molecule has 3 aromatic rings. The number of benzene rings is 1. The lowest BCUT2D eigenvalue weighted by molar-refractivity contribution is 1.29. The van der Waals surface area contributed by atoms with Crippen molar-refractivity contribution in [1.29, 1.82) is 5.26 Å². The summed E-state index contributed by atoms with van der Waals surface area (Å²) in [5, 5.41) is 9.37. The third-order valence-electron chi connectivity index (χ3n) is 3.25. The van der Waals surface area contributed by atoms with Crippen molar-refractivity contribution in [3.05, 3.63) is 64.9 Å². The predicted octanol–water partition coefficient (Wildman–Crippen LogP) is 4.03. The lowest BCUT2D eigenvalue weighted by Crippen LogP contribution is -1.99. The molecule has 5 heteroatoms. The van der Waals surface area contributed by atoms with Gasteiger partial charge in [0.25, 0.3) is 0 Å².